The van der Waals surface area contributed by atoms with Crippen molar-refractivity contribution in [2.75, 3.05) is 0 Å². The van der Waals surface area contributed by atoms with Crippen molar-refractivity contribution in [2.45, 2.75) is 39.2 Å². The number of allylic oxidation sites excluding steroid dienone is 1. The fourth-order valence-corrected chi connectivity index (χ4v) is 3.48. The van der Waals surface area contributed by atoms with Crippen LogP contribution in [0.5, 0.6) is 0 Å². The lowest BCUT2D eigenvalue weighted by molar-refractivity contribution is -0.116. The Morgan fingerprint density at radius 1 is 1.46 bits per heavy atom. The minimum atomic E-state index is -0.296. The van der Waals surface area contributed by atoms with Crippen LogP contribution in [-0.4, -0.2) is 16.9 Å². The number of amides is 1. The summed E-state index contributed by atoms with van der Waals surface area (Å²) < 4.78 is 14.6. The van der Waals surface area contributed by atoms with Crippen molar-refractivity contribution in [2.24, 2.45) is 0 Å². The van der Waals surface area contributed by atoms with E-state index in [0.29, 0.717) is 22.4 Å². The number of carbonyl (C=O) groups excluding carboxylic acids is 1. The summed E-state index contributed by atoms with van der Waals surface area (Å²) in [5, 5.41) is 4.14. The lowest BCUT2D eigenvalue weighted by Crippen LogP contribution is -2.35. The summed E-state index contributed by atoms with van der Waals surface area (Å²) in [6.45, 7) is 3.49. The van der Waals surface area contributed by atoms with E-state index in [1.807, 2.05) is 13.0 Å². The zero-order chi connectivity index (χ0) is 17.3. The third-order valence-corrected chi connectivity index (χ3v) is 4.76. The molecule has 3 nitrogen and oxygen atoms in total. The number of hydrogen-bond acceptors (Lipinski definition) is 1. The van der Waals surface area contributed by atoms with Crippen LogP contribution >= 0.6 is 11.6 Å². The van der Waals surface area contributed by atoms with E-state index in [-0.39, 0.29) is 17.8 Å². The first kappa shape index (κ1) is 16.6. The number of carbonyl (C=O) groups is 1. The third-order valence-electron chi connectivity index (χ3n) is 4.29. The largest absolute Gasteiger partial charge is 0.357 e. The predicted molar refractivity (Wildman–Crippen MR) is 95.2 cm³/mol. The van der Waals surface area contributed by atoms with E-state index in [4.69, 9.17) is 11.6 Å². The quantitative estimate of drug-likeness (QED) is 0.782. The molecular formula is C19H18ClFN2O. The lowest BCUT2D eigenvalue weighted by Gasteiger charge is -2.24. The third kappa shape index (κ3) is 3.05. The van der Waals surface area contributed by atoms with Gasteiger partial charge in [-0.1, -0.05) is 23.6 Å². The molecule has 0 saturated heterocycles. The minimum absolute atomic E-state index is 0.0492. The Morgan fingerprint density at radius 2 is 2.25 bits per heavy atom. The van der Waals surface area contributed by atoms with Gasteiger partial charge in [-0.2, -0.15) is 0 Å². The number of H-pyrrole nitrogens is 1. The Morgan fingerprint density at radius 3 is 3.00 bits per heavy atom. The number of rotatable bonds is 2. The highest BCUT2D eigenvalue weighted by Gasteiger charge is 2.23. The van der Waals surface area contributed by atoms with Crippen LogP contribution in [0.25, 0.3) is 16.5 Å². The molecule has 0 aliphatic heterocycles. The fourth-order valence-electron chi connectivity index (χ4n) is 3.24. The molecule has 5 heteroatoms. The molecule has 24 heavy (non-hydrogen) atoms. The molecule has 1 aliphatic carbocycles. The van der Waals surface area contributed by atoms with Crippen LogP contribution in [0.2, 0.25) is 5.02 Å². The van der Waals surface area contributed by atoms with E-state index < -0.39 is 0 Å². The number of aromatic amines is 1. The highest BCUT2D eigenvalue weighted by Crippen LogP contribution is 2.38. The van der Waals surface area contributed by atoms with Crippen LogP contribution in [0, 0.1) is 24.6 Å². The van der Waals surface area contributed by atoms with Crippen molar-refractivity contribution in [1.29, 1.82) is 0 Å². The molecule has 0 fully saturated rings. The van der Waals surface area contributed by atoms with E-state index in [1.165, 1.54) is 6.07 Å². The van der Waals surface area contributed by atoms with Gasteiger partial charge in [0, 0.05) is 28.2 Å². The van der Waals surface area contributed by atoms with Gasteiger partial charge in [0.2, 0.25) is 0 Å². The normalized spacial score (nSPS) is 17.2. The monoisotopic (exact) mass is 344 g/mol. The number of nitrogens with one attached hydrogen (secondary N) is 2. The Balaban J connectivity index is 1.98. The Labute approximate surface area is 145 Å². The summed E-state index contributed by atoms with van der Waals surface area (Å²) in [4.78, 5) is 14.9. The van der Waals surface area contributed by atoms with Crippen molar-refractivity contribution < 1.29 is 9.18 Å². The number of halogens is 2. The van der Waals surface area contributed by atoms with Crippen molar-refractivity contribution in [3.05, 3.63) is 40.3 Å². The molecule has 2 aromatic rings. The first-order valence-electron chi connectivity index (χ1n) is 7.90. The van der Waals surface area contributed by atoms with E-state index >= 15 is 0 Å². The second-order valence-corrected chi connectivity index (χ2v) is 6.34. The molecule has 1 heterocycles. The standard InChI is InChI=1S/C19H18ClFN2O/c1-3-5-16(24)23-13-7-4-6-12(10-13)17-14(21)8-9-15-18(17)19(20)11(2)22-15/h6,8-9,13,22H,4,7,10H2,1-2H3,(H,23,24)/t13-/m0/s1. The fraction of sp³-hybridized carbons (Fsp3) is 0.316. The number of aromatic nitrogens is 1. The van der Waals surface area contributed by atoms with Crippen LogP contribution in [0.15, 0.2) is 18.2 Å². The van der Waals surface area contributed by atoms with Gasteiger partial charge in [-0.15, -0.1) is 0 Å². The SMILES string of the molecule is CC#CC(=O)N[C@H]1CCC=C(c2c(F)ccc3[nH]c(C)c(Cl)c23)C1. The molecule has 1 amide bonds. The molecule has 0 bridgehead atoms. The van der Waals surface area contributed by atoms with Crippen LogP contribution < -0.4 is 5.32 Å². The molecule has 1 aromatic heterocycles. The lowest BCUT2D eigenvalue weighted by atomic mass is 9.88. The van der Waals surface area contributed by atoms with Gasteiger partial charge in [0.15, 0.2) is 0 Å². The Bertz CT molecular complexity index is 901. The molecule has 1 aromatic carbocycles. The molecular weight excluding hydrogens is 327 g/mol. The molecule has 2 N–H and O–H groups in total. The maximum atomic E-state index is 14.6. The van der Waals surface area contributed by atoms with Crippen molar-refractivity contribution in [3.63, 3.8) is 0 Å². The van der Waals surface area contributed by atoms with E-state index in [1.54, 1.807) is 13.0 Å². The van der Waals surface area contributed by atoms with E-state index in [2.05, 4.69) is 22.1 Å². The summed E-state index contributed by atoms with van der Waals surface area (Å²) in [7, 11) is 0. The summed E-state index contributed by atoms with van der Waals surface area (Å²) >= 11 is 6.39. The van der Waals surface area contributed by atoms with Gasteiger partial charge in [-0.25, -0.2) is 4.39 Å². The number of hydrogen-bond donors (Lipinski definition) is 2. The van der Waals surface area contributed by atoms with Crippen LogP contribution in [0.3, 0.4) is 0 Å². The van der Waals surface area contributed by atoms with E-state index in [9.17, 15) is 9.18 Å². The minimum Gasteiger partial charge on any atom is -0.357 e. The zero-order valence-corrected chi connectivity index (χ0v) is 14.4. The second-order valence-electron chi connectivity index (χ2n) is 5.97. The average molecular weight is 345 g/mol. The van der Waals surface area contributed by atoms with Gasteiger partial charge >= 0.3 is 0 Å². The van der Waals surface area contributed by atoms with Crippen LogP contribution in [-0.2, 0) is 4.79 Å². The van der Waals surface area contributed by atoms with Crippen molar-refractivity contribution in [3.8, 4) is 11.8 Å². The van der Waals surface area contributed by atoms with Gasteiger partial charge in [0.05, 0.1) is 5.02 Å². The highest BCUT2D eigenvalue weighted by atomic mass is 35.5. The Kier molecular flexibility index (Phi) is 4.64. The van der Waals surface area contributed by atoms with Gasteiger partial charge in [-0.05, 0) is 56.7 Å². The van der Waals surface area contributed by atoms with Gasteiger partial charge in [0.1, 0.15) is 5.82 Å². The predicted octanol–water partition coefficient (Wildman–Crippen LogP) is 4.34. The summed E-state index contributed by atoms with van der Waals surface area (Å²) in [6, 6.07) is 3.11. The maximum Gasteiger partial charge on any atom is 0.296 e. The van der Waals surface area contributed by atoms with Crippen molar-refractivity contribution >= 4 is 34.0 Å². The number of fused-ring (bicyclic) bond motifs is 1. The molecule has 3 rings (SSSR count). The molecule has 0 radical (unpaired) electrons. The molecule has 124 valence electrons. The zero-order valence-electron chi connectivity index (χ0n) is 13.6. The molecule has 0 saturated carbocycles. The smallest absolute Gasteiger partial charge is 0.296 e. The van der Waals surface area contributed by atoms with Crippen LogP contribution in [0.1, 0.15) is 37.4 Å². The summed E-state index contributed by atoms with van der Waals surface area (Å²) in [5.41, 5.74) is 3.04. The summed E-state index contributed by atoms with van der Waals surface area (Å²) in [5.74, 6) is 4.48. The van der Waals surface area contributed by atoms with Crippen LogP contribution in [0.4, 0.5) is 4.39 Å². The number of benzene rings is 1. The molecule has 1 atom stereocenters. The topological polar surface area (TPSA) is 44.9 Å². The maximum absolute atomic E-state index is 14.6. The second kappa shape index (κ2) is 6.70. The van der Waals surface area contributed by atoms with E-state index in [0.717, 1.165) is 29.6 Å². The molecule has 0 spiro atoms. The van der Waals surface area contributed by atoms with Gasteiger partial charge < -0.3 is 10.3 Å². The molecule has 0 unspecified atom stereocenters. The van der Waals surface area contributed by atoms with Gasteiger partial charge in [0.25, 0.3) is 5.91 Å². The summed E-state index contributed by atoms with van der Waals surface area (Å²) in [6.07, 6.45) is 4.19. The first-order chi connectivity index (χ1) is 11.5. The van der Waals surface area contributed by atoms with Gasteiger partial charge in [-0.3, -0.25) is 4.79 Å². The van der Waals surface area contributed by atoms with Crippen molar-refractivity contribution in [1.82, 2.24) is 10.3 Å². The number of aryl methyl sites for hydroxylation is 1. The average Bonchev–Trinajstić information content (AvgIpc) is 2.83. The molecule has 1 aliphatic rings. The first-order valence-corrected chi connectivity index (χ1v) is 8.28. The highest BCUT2D eigenvalue weighted by molar-refractivity contribution is 6.37. The Hall–Kier alpha value is -2.25.